The summed E-state index contributed by atoms with van der Waals surface area (Å²) in [5.41, 5.74) is 3.27. The fraction of sp³-hybridized carbons (Fsp3) is 0.0526. The number of sulfonamides is 1. The SMILES string of the molecule is NC(=O)c1nnc(-c2cc(F)c(Cl)cc2NS(=O)(=O)c2ccc(Cl)c(C(F)(F)F)c2)n1-c1cc[nH]n1. The van der Waals surface area contributed by atoms with Gasteiger partial charge >= 0.3 is 6.18 Å². The number of alkyl halides is 3. The number of nitrogens with zero attached hydrogens (tertiary/aromatic N) is 4. The summed E-state index contributed by atoms with van der Waals surface area (Å²) < 4.78 is 83.3. The molecular formula is C19H11Cl2F4N7O3S. The molecule has 36 heavy (non-hydrogen) atoms. The molecule has 0 aliphatic carbocycles. The van der Waals surface area contributed by atoms with Crippen LogP contribution >= 0.6 is 23.2 Å². The van der Waals surface area contributed by atoms with Gasteiger partial charge in [-0.1, -0.05) is 23.2 Å². The van der Waals surface area contributed by atoms with Crippen LogP contribution < -0.4 is 10.5 Å². The second-order valence-corrected chi connectivity index (χ2v) is 9.53. The molecule has 188 valence electrons. The van der Waals surface area contributed by atoms with Gasteiger partial charge in [-0.05, 0) is 30.3 Å². The van der Waals surface area contributed by atoms with E-state index in [1.165, 1.54) is 12.3 Å². The summed E-state index contributed by atoms with van der Waals surface area (Å²) in [4.78, 5) is 11.1. The molecule has 2 aromatic heterocycles. The van der Waals surface area contributed by atoms with E-state index in [2.05, 4.69) is 25.1 Å². The zero-order valence-corrected chi connectivity index (χ0v) is 19.6. The predicted molar refractivity (Wildman–Crippen MR) is 120 cm³/mol. The second kappa shape index (κ2) is 9.07. The molecule has 0 aliphatic rings. The first-order valence-corrected chi connectivity index (χ1v) is 11.7. The number of amides is 1. The molecule has 4 rings (SSSR count). The topological polar surface area (TPSA) is 149 Å². The summed E-state index contributed by atoms with van der Waals surface area (Å²) in [6, 6.07) is 5.01. The van der Waals surface area contributed by atoms with Crippen LogP contribution in [0.2, 0.25) is 10.0 Å². The third-order valence-electron chi connectivity index (χ3n) is 4.70. The average molecular weight is 564 g/mol. The van der Waals surface area contributed by atoms with Gasteiger partial charge in [-0.2, -0.15) is 18.3 Å². The number of hydrogen-bond acceptors (Lipinski definition) is 6. The molecule has 0 saturated heterocycles. The van der Waals surface area contributed by atoms with Crippen molar-refractivity contribution in [3.63, 3.8) is 0 Å². The maximum atomic E-state index is 14.4. The van der Waals surface area contributed by atoms with Gasteiger partial charge in [0.15, 0.2) is 11.6 Å². The Hall–Kier alpha value is -3.69. The highest BCUT2D eigenvalue weighted by atomic mass is 35.5. The molecule has 0 saturated carbocycles. The number of H-pyrrole nitrogens is 1. The molecule has 0 fully saturated rings. The van der Waals surface area contributed by atoms with E-state index < -0.39 is 59.9 Å². The first kappa shape index (κ1) is 25.4. The van der Waals surface area contributed by atoms with Gasteiger partial charge in [0, 0.05) is 17.8 Å². The van der Waals surface area contributed by atoms with Gasteiger partial charge in [0.2, 0.25) is 5.82 Å². The maximum Gasteiger partial charge on any atom is 0.417 e. The molecule has 2 heterocycles. The summed E-state index contributed by atoms with van der Waals surface area (Å²) in [7, 11) is -4.71. The highest BCUT2D eigenvalue weighted by Gasteiger charge is 2.35. The van der Waals surface area contributed by atoms with E-state index in [9.17, 15) is 30.8 Å². The van der Waals surface area contributed by atoms with Crippen molar-refractivity contribution in [3.05, 3.63) is 69.8 Å². The molecular weight excluding hydrogens is 553 g/mol. The first-order chi connectivity index (χ1) is 16.8. The first-order valence-electron chi connectivity index (χ1n) is 9.44. The van der Waals surface area contributed by atoms with E-state index in [0.29, 0.717) is 6.07 Å². The maximum absolute atomic E-state index is 14.4. The largest absolute Gasteiger partial charge is 0.417 e. The van der Waals surface area contributed by atoms with Crippen LogP contribution in [-0.2, 0) is 16.2 Å². The number of carbonyl (C=O) groups excluding carboxylic acids is 1. The number of nitrogens with two attached hydrogens (primary N) is 1. The monoisotopic (exact) mass is 563 g/mol. The zero-order chi connectivity index (χ0) is 26.4. The van der Waals surface area contributed by atoms with Crippen LogP contribution in [0.25, 0.3) is 17.2 Å². The Morgan fingerprint density at radius 2 is 1.81 bits per heavy atom. The number of aromatic amines is 1. The Labute approximate surface area is 209 Å². The lowest BCUT2D eigenvalue weighted by molar-refractivity contribution is -0.137. The molecule has 0 aliphatic heterocycles. The van der Waals surface area contributed by atoms with Gasteiger partial charge in [0.05, 0.1) is 26.2 Å². The molecule has 0 atom stereocenters. The third kappa shape index (κ3) is 4.72. The lowest BCUT2D eigenvalue weighted by Gasteiger charge is -2.15. The van der Waals surface area contributed by atoms with Crippen LogP contribution in [0.3, 0.4) is 0 Å². The summed E-state index contributed by atoms with van der Waals surface area (Å²) in [5.74, 6) is -2.70. The molecule has 10 nitrogen and oxygen atoms in total. The number of rotatable bonds is 6. The molecule has 1 amide bonds. The summed E-state index contributed by atoms with van der Waals surface area (Å²) >= 11 is 11.4. The minimum Gasteiger partial charge on any atom is -0.363 e. The van der Waals surface area contributed by atoms with E-state index >= 15 is 0 Å². The summed E-state index contributed by atoms with van der Waals surface area (Å²) in [5, 5.41) is 12.6. The van der Waals surface area contributed by atoms with Crippen LogP contribution in [0.1, 0.15) is 16.2 Å². The summed E-state index contributed by atoms with van der Waals surface area (Å²) in [6.45, 7) is 0. The van der Waals surface area contributed by atoms with E-state index in [1.807, 2.05) is 0 Å². The van der Waals surface area contributed by atoms with Crippen LogP contribution in [0.4, 0.5) is 23.2 Å². The summed E-state index contributed by atoms with van der Waals surface area (Å²) in [6.07, 6.45) is -3.55. The van der Waals surface area contributed by atoms with Gasteiger partial charge in [0.25, 0.3) is 15.9 Å². The van der Waals surface area contributed by atoms with Crippen molar-refractivity contribution in [1.82, 2.24) is 25.0 Å². The van der Waals surface area contributed by atoms with E-state index in [4.69, 9.17) is 28.9 Å². The Morgan fingerprint density at radius 1 is 1.08 bits per heavy atom. The lowest BCUT2D eigenvalue weighted by atomic mass is 10.1. The van der Waals surface area contributed by atoms with Gasteiger partial charge in [-0.3, -0.25) is 19.2 Å². The predicted octanol–water partition coefficient (Wildman–Crippen LogP) is 4.02. The Kier molecular flexibility index (Phi) is 6.40. The fourth-order valence-corrected chi connectivity index (χ4v) is 4.61. The highest BCUT2D eigenvalue weighted by molar-refractivity contribution is 7.92. The van der Waals surface area contributed by atoms with Crippen molar-refractivity contribution in [2.45, 2.75) is 11.1 Å². The number of primary amides is 1. The molecule has 2 aromatic carbocycles. The standard InChI is InChI=1S/C19H11Cl2F4N7O3S/c20-11-2-1-8(5-10(11)19(23,24)25)36(34,35)31-14-7-12(21)13(22)6-9(14)17-29-30-18(16(26)33)32(17)15-3-4-27-28-15/h1-7,31H,(H2,26,33)(H,27,28). The van der Waals surface area contributed by atoms with Crippen molar-refractivity contribution >= 4 is 44.8 Å². The molecule has 0 bridgehead atoms. The van der Waals surface area contributed by atoms with Crippen LogP contribution in [-0.4, -0.2) is 39.3 Å². The molecule has 17 heteroatoms. The number of carbonyl (C=O) groups is 1. The molecule has 0 unspecified atom stereocenters. The Bertz CT molecular complexity index is 1590. The van der Waals surface area contributed by atoms with Gasteiger partial charge in [-0.15, -0.1) is 10.2 Å². The average Bonchev–Trinajstić information content (AvgIpc) is 3.45. The molecule has 4 aromatic rings. The van der Waals surface area contributed by atoms with E-state index in [0.717, 1.165) is 28.8 Å². The number of anilines is 1. The van der Waals surface area contributed by atoms with Crippen molar-refractivity contribution in [2.24, 2.45) is 5.73 Å². The van der Waals surface area contributed by atoms with E-state index in [-0.39, 0.29) is 17.2 Å². The van der Waals surface area contributed by atoms with Crippen LogP contribution in [0, 0.1) is 5.82 Å². The van der Waals surface area contributed by atoms with E-state index in [1.54, 1.807) is 0 Å². The number of benzene rings is 2. The van der Waals surface area contributed by atoms with Crippen molar-refractivity contribution in [2.75, 3.05) is 4.72 Å². The quantitative estimate of drug-likeness (QED) is 0.301. The Balaban J connectivity index is 1.88. The number of nitrogens with one attached hydrogen (secondary N) is 2. The van der Waals surface area contributed by atoms with Gasteiger partial charge in [-0.25, -0.2) is 12.8 Å². The fourth-order valence-electron chi connectivity index (χ4n) is 3.12. The molecule has 4 N–H and O–H groups in total. The lowest BCUT2D eigenvalue weighted by Crippen LogP contribution is -2.18. The zero-order valence-electron chi connectivity index (χ0n) is 17.3. The molecule has 0 spiro atoms. The van der Waals surface area contributed by atoms with Crippen molar-refractivity contribution in [3.8, 4) is 17.2 Å². The number of halogens is 6. The van der Waals surface area contributed by atoms with Crippen LogP contribution in [0.15, 0.2) is 47.5 Å². The highest BCUT2D eigenvalue weighted by Crippen LogP contribution is 2.38. The minimum absolute atomic E-state index is 0.0421. The van der Waals surface area contributed by atoms with Gasteiger partial charge in [0.1, 0.15) is 5.82 Å². The molecule has 0 radical (unpaired) electrons. The number of aromatic nitrogens is 5. The normalized spacial score (nSPS) is 12.1. The Morgan fingerprint density at radius 3 is 2.42 bits per heavy atom. The number of hydrogen-bond donors (Lipinski definition) is 3. The van der Waals surface area contributed by atoms with Gasteiger partial charge < -0.3 is 5.73 Å². The smallest absolute Gasteiger partial charge is 0.363 e. The minimum atomic E-state index is -4.93. The van der Waals surface area contributed by atoms with Crippen molar-refractivity contribution < 1.29 is 30.8 Å². The van der Waals surface area contributed by atoms with Crippen LogP contribution in [0.5, 0.6) is 0 Å². The van der Waals surface area contributed by atoms with Crippen molar-refractivity contribution in [1.29, 1.82) is 0 Å². The third-order valence-corrected chi connectivity index (χ3v) is 6.68. The second-order valence-electron chi connectivity index (χ2n) is 7.04.